The van der Waals surface area contributed by atoms with E-state index in [0.717, 1.165) is 6.07 Å². The predicted octanol–water partition coefficient (Wildman–Crippen LogP) is 4.28. The first-order valence-electron chi connectivity index (χ1n) is 11.2. The van der Waals surface area contributed by atoms with E-state index in [2.05, 4.69) is 20.3 Å². The van der Waals surface area contributed by atoms with Gasteiger partial charge >= 0.3 is 6.18 Å². The molecule has 0 radical (unpaired) electrons. The van der Waals surface area contributed by atoms with Crippen molar-refractivity contribution in [3.63, 3.8) is 0 Å². The van der Waals surface area contributed by atoms with Crippen LogP contribution in [-0.2, 0) is 12.7 Å². The third kappa shape index (κ3) is 5.18. The molecule has 200 valence electrons. The van der Waals surface area contributed by atoms with E-state index in [4.69, 9.17) is 24.4 Å². The van der Waals surface area contributed by atoms with Gasteiger partial charge in [-0.15, -0.1) is 0 Å². The van der Waals surface area contributed by atoms with Gasteiger partial charge in [0.1, 0.15) is 17.0 Å². The highest BCUT2D eigenvalue weighted by atomic mass is 19.4. The molecule has 0 aliphatic carbocycles. The Morgan fingerprint density at radius 2 is 1.79 bits per heavy atom. The third-order valence-electron chi connectivity index (χ3n) is 5.60. The summed E-state index contributed by atoms with van der Waals surface area (Å²) >= 11 is 0. The molecule has 3 aromatic heterocycles. The van der Waals surface area contributed by atoms with Crippen molar-refractivity contribution < 1.29 is 36.6 Å². The van der Waals surface area contributed by atoms with Crippen LogP contribution in [0.3, 0.4) is 0 Å². The molecule has 13 heteroatoms. The number of ether oxygens (including phenoxy) is 3. The van der Waals surface area contributed by atoms with Gasteiger partial charge in [0.05, 0.1) is 27.4 Å². The van der Waals surface area contributed by atoms with Crippen LogP contribution < -0.4 is 25.3 Å². The molecule has 1 atom stereocenters. The average Bonchev–Trinajstić information content (AvgIpc) is 3.36. The molecule has 3 N–H and O–H groups in total. The molecule has 4 aromatic rings. The van der Waals surface area contributed by atoms with Gasteiger partial charge in [-0.2, -0.15) is 18.2 Å². The lowest BCUT2D eigenvalue weighted by molar-refractivity contribution is -0.140. The second-order valence-corrected chi connectivity index (χ2v) is 8.13. The molecule has 4 rings (SSSR count). The predicted molar refractivity (Wildman–Crippen MR) is 130 cm³/mol. The molecule has 1 aromatic carbocycles. The molecule has 0 unspecified atom stereocenters. The summed E-state index contributed by atoms with van der Waals surface area (Å²) in [6.07, 6.45) is -4.65. The van der Waals surface area contributed by atoms with E-state index in [1.807, 2.05) is 0 Å². The monoisotopic (exact) mass is 531 g/mol. The maximum atomic E-state index is 13.3. The van der Waals surface area contributed by atoms with Gasteiger partial charge < -0.3 is 29.7 Å². The maximum absolute atomic E-state index is 13.3. The quantitative estimate of drug-likeness (QED) is 0.342. The van der Waals surface area contributed by atoms with Crippen LogP contribution in [0.2, 0.25) is 0 Å². The molecule has 0 fully saturated rings. The van der Waals surface area contributed by atoms with Crippen LogP contribution >= 0.6 is 0 Å². The van der Waals surface area contributed by atoms with Gasteiger partial charge in [0.25, 0.3) is 5.91 Å². The van der Waals surface area contributed by atoms with Gasteiger partial charge in [0, 0.05) is 29.1 Å². The summed E-state index contributed by atoms with van der Waals surface area (Å²) in [5, 5.41) is 3.02. The van der Waals surface area contributed by atoms with Gasteiger partial charge in [-0.05, 0) is 37.3 Å². The molecular weight excluding hydrogens is 507 g/mol. The smallest absolute Gasteiger partial charge is 0.433 e. The first-order chi connectivity index (χ1) is 18.1. The number of methoxy groups -OCH3 is 3. The van der Waals surface area contributed by atoms with Crippen LogP contribution in [0.1, 0.15) is 40.5 Å². The van der Waals surface area contributed by atoms with Gasteiger partial charge in [-0.3, -0.25) is 4.79 Å². The highest BCUT2D eigenvalue weighted by molar-refractivity contribution is 5.98. The fourth-order valence-electron chi connectivity index (χ4n) is 3.76. The maximum Gasteiger partial charge on any atom is 0.433 e. The first kappa shape index (κ1) is 26.7. The standard InChI is InChI=1S/C25H24F3N5O5/c1-12(29)21-20(22(34)30-11-13-5-10-18(36-3)32-23(13)37-4)33-24(38-21)15-6-8-16(35-2)19-14(15)7-9-17(31-19)25(26,27)28/h5-10,12H,11,29H2,1-4H3,(H,30,34)/t12-/m0/s1. The number of nitrogens with zero attached hydrogens (tertiary/aromatic N) is 3. The molecule has 0 spiro atoms. The number of pyridine rings is 2. The number of nitrogens with two attached hydrogens (primary N) is 1. The van der Waals surface area contributed by atoms with E-state index in [-0.39, 0.29) is 46.4 Å². The number of rotatable bonds is 8. The zero-order chi connectivity index (χ0) is 27.6. The number of alkyl halides is 3. The molecule has 1 amide bonds. The van der Waals surface area contributed by atoms with Crippen molar-refractivity contribution in [2.75, 3.05) is 21.3 Å². The number of oxazole rings is 1. The fourth-order valence-corrected chi connectivity index (χ4v) is 3.76. The van der Waals surface area contributed by atoms with Gasteiger partial charge in [0.15, 0.2) is 11.5 Å². The summed E-state index contributed by atoms with van der Waals surface area (Å²) in [5.41, 5.74) is 5.75. The van der Waals surface area contributed by atoms with Crippen molar-refractivity contribution in [2.24, 2.45) is 5.73 Å². The van der Waals surface area contributed by atoms with Crippen LogP contribution in [0.25, 0.3) is 22.4 Å². The lowest BCUT2D eigenvalue weighted by atomic mass is 10.1. The lowest BCUT2D eigenvalue weighted by Crippen LogP contribution is -2.25. The number of nitrogens with one attached hydrogen (secondary N) is 1. The van der Waals surface area contributed by atoms with Crippen molar-refractivity contribution in [3.05, 3.63) is 59.1 Å². The Morgan fingerprint density at radius 1 is 1.03 bits per heavy atom. The van der Waals surface area contributed by atoms with Crippen LogP contribution in [-0.4, -0.2) is 42.2 Å². The largest absolute Gasteiger partial charge is 0.494 e. The van der Waals surface area contributed by atoms with Crippen molar-refractivity contribution >= 4 is 16.8 Å². The Bertz CT molecular complexity index is 1490. The topological polar surface area (TPSA) is 135 Å². The number of carbonyl (C=O) groups excluding carboxylic acids is 1. The molecule has 10 nitrogen and oxygen atoms in total. The van der Waals surface area contributed by atoms with E-state index >= 15 is 0 Å². The van der Waals surface area contributed by atoms with Crippen LogP contribution in [0.15, 0.2) is 40.8 Å². The molecule has 0 saturated carbocycles. The van der Waals surface area contributed by atoms with Crippen molar-refractivity contribution in [1.29, 1.82) is 0 Å². The SMILES string of the molecule is COc1ccc(CNC(=O)c2nc(-c3ccc(OC)c4nc(C(F)(F)F)ccc34)oc2[C@H](C)N)c(OC)n1. The van der Waals surface area contributed by atoms with E-state index in [1.54, 1.807) is 25.1 Å². The minimum absolute atomic E-state index is 0.0136. The Balaban J connectivity index is 1.71. The fraction of sp³-hybridized carbons (Fsp3) is 0.280. The third-order valence-corrected chi connectivity index (χ3v) is 5.60. The van der Waals surface area contributed by atoms with Gasteiger partial charge in [-0.25, -0.2) is 9.97 Å². The number of hydrogen-bond acceptors (Lipinski definition) is 9. The average molecular weight is 531 g/mol. The number of aromatic nitrogens is 3. The number of carbonyl (C=O) groups is 1. The Kier molecular flexibility index (Phi) is 7.39. The first-order valence-corrected chi connectivity index (χ1v) is 11.2. The second-order valence-electron chi connectivity index (χ2n) is 8.13. The molecule has 0 bridgehead atoms. The zero-order valence-corrected chi connectivity index (χ0v) is 20.8. The molecule has 0 aliphatic heterocycles. The Hall–Kier alpha value is -4.39. The highest BCUT2D eigenvalue weighted by Crippen LogP contribution is 2.37. The zero-order valence-electron chi connectivity index (χ0n) is 20.8. The van der Waals surface area contributed by atoms with Crippen molar-refractivity contribution in [3.8, 4) is 29.0 Å². The molecule has 3 heterocycles. The van der Waals surface area contributed by atoms with E-state index in [1.165, 1.54) is 33.5 Å². The van der Waals surface area contributed by atoms with E-state index in [9.17, 15) is 18.0 Å². The summed E-state index contributed by atoms with van der Waals surface area (Å²) in [4.78, 5) is 25.4. The lowest BCUT2D eigenvalue weighted by Gasteiger charge is -2.11. The number of benzene rings is 1. The van der Waals surface area contributed by atoms with Gasteiger partial charge in [-0.1, -0.05) is 0 Å². The summed E-state index contributed by atoms with van der Waals surface area (Å²) in [6.45, 7) is 1.66. The van der Waals surface area contributed by atoms with Crippen molar-refractivity contribution in [1.82, 2.24) is 20.3 Å². The van der Waals surface area contributed by atoms with Gasteiger partial charge in [0.2, 0.25) is 17.7 Å². The normalized spacial score (nSPS) is 12.3. The highest BCUT2D eigenvalue weighted by Gasteiger charge is 2.33. The van der Waals surface area contributed by atoms with Crippen LogP contribution in [0.5, 0.6) is 17.5 Å². The summed E-state index contributed by atoms with van der Waals surface area (Å²) < 4.78 is 61.2. The summed E-state index contributed by atoms with van der Waals surface area (Å²) in [6, 6.07) is 7.71. The van der Waals surface area contributed by atoms with E-state index < -0.39 is 23.8 Å². The summed E-state index contributed by atoms with van der Waals surface area (Å²) in [5.74, 6) is 0.255. The molecular formula is C25H24F3N5O5. The number of fused-ring (bicyclic) bond motifs is 1. The molecule has 0 aliphatic rings. The number of halogens is 3. The van der Waals surface area contributed by atoms with Crippen LogP contribution in [0, 0.1) is 0 Å². The van der Waals surface area contributed by atoms with Crippen molar-refractivity contribution in [2.45, 2.75) is 25.7 Å². The Labute approximate surface area is 214 Å². The van der Waals surface area contributed by atoms with Crippen LogP contribution in [0.4, 0.5) is 13.2 Å². The van der Waals surface area contributed by atoms with E-state index in [0.29, 0.717) is 17.0 Å². The second kappa shape index (κ2) is 10.5. The molecule has 38 heavy (non-hydrogen) atoms. The number of hydrogen-bond donors (Lipinski definition) is 2. The number of amides is 1. The minimum Gasteiger partial charge on any atom is -0.494 e. The molecule has 0 saturated heterocycles. The summed E-state index contributed by atoms with van der Waals surface area (Å²) in [7, 11) is 4.24. The minimum atomic E-state index is -4.65. The Morgan fingerprint density at radius 3 is 2.42 bits per heavy atom.